The molecular formula is C13H19N3O4. The number of carbonyl (C=O) groups excluding carboxylic acids is 1. The molecule has 0 bridgehead atoms. The molecule has 0 fully saturated rings. The highest BCUT2D eigenvalue weighted by atomic mass is 16.5. The second-order valence-corrected chi connectivity index (χ2v) is 4.17. The van der Waals surface area contributed by atoms with Gasteiger partial charge in [-0.25, -0.2) is 14.8 Å². The lowest BCUT2D eigenvalue weighted by Gasteiger charge is -2.05. The van der Waals surface area contributed by atoms with Crippen molar-refractivity contribution in [1.82, 2.24) is 15.3 Å². The van der Waals surface area contributed by atoms with Crippen LogP contribution < -0.4 is 5.32 Å². The molecule has 7 heteroatoms. The minimum Gasteiger partial charge on any atom is -0.476 e. The summed E-state index contributed by atoms with van der Waals surface area (Å²) in [7, 11) is 0. The van der Waals surface area contributed by atoms with Gasteiger partial charge in [-0.1, -0.05) is 13.3 Å². The molecule has 2 N–H and O–H groups in total. The smallest absolute Gasteiger partial charge is 0.356 e. The van der Waals surface area contributed by atoms with Crippen LogP contribution in [0.15, 0.2) is 12.4 Å². The van der Waals surface area contributed by atoms with Crippen molar-refractivity contribution in [2.45, 2.75) is 26.2 Å². The van der Waals surface area contributed by atoms with Crippen LogP contribution in [0.3, 0.4) is 0 Å². The van der Waals surface area contributed by atoms with Crippen LogP contribution in [0.1, 0.15) is 47.2 Å². The maximum atomic E-state index is 11.7. The Hall–Kier alpha value is -2.02. The molecule has 0 spiro atoms. The van der Waals surface area contributed by atoms with Crippen LogP contribution in [0.4, 0.5) is 0 Å². The highest BCUT2D eigenvalue weighted by molar-refractivity contribution is 5.92. The standard InChI is InChI=1S/C13H19N3O4/c1-2-3-6-20-7-4-5-14-12(17)10-8-16-11(9-15-10)13(18)19/h8-9H,2-7H2,1H3,(H,14,17)(H,18,19). The fourth-order valence-electron chi connectivity index (χ4n) is 1.37. The maximum absolute atomic E-state index is 11.7. The molecule has 1 aromatic rings. The average molecular weight is 281 g/mol. The number of hydrogen-bond donors (Lipinski definition) is 2. The van der Waals surface area contributed by atoms with E-state index in [0.717, 1.165) is 38.3 Å². The molecule has 7 nitrogen and oxygen atoms in total. The van der Waals surface area contributed by atoms with Gasteiger partial charge in [0.1, 0.15) is 5.69 Å². The van der Waals surface area contributed by atoms with Crippen molar-refractivity contribution in [3.63, 3.8) is 0 Å². The molecule has 1 rings (SSSR count). The summed E-state index contributed by atoms with van der Waals surface area (Å²) in [5.74, 6) is -1.54. The number of carbonyl (C=O) groups is 2. The van der Waals surface area contributed by atoms with Crippen molar-refractivity contribution >= 4 is 11.9 Å². The number of aromatic nitrogens is 2. The van der Waals surface area contributed by atoms with Gasteiger partial charge in [-0.2, -0.15) is 0 Å². The maximum Gasteiger partial charge on any atom is 0.356 e. The van der Waals surface area contributed by atoms with E-state index in [4.69, 9.17) is 9.84 Å². The summed E-state index contributed by atoms with van der Waals surface area (Å²) in [6.07, 6.45) is 5.07. The van der Waals surface area contributed by atoms with Crippen molar-refractivity contribution in [3.8, 4) is 0 Å². The quantitative estimate of drug-likeness (QED) is 0.657. The van der Waals surface area contributed by atoms with E-state index in [1.54, 1.807) is 0 Å². The Kier molecular flexibility index (Phi) is 7.20. The Bertz CT molecular complexity index is 434. The van der Waals surface area contributed by atoms with Crippen molar-refractivity contribution in [3.05, 3.63) is 23.8 Å². The van der Waals surface area contributed by atoms with Gasteiger partial charge in [0.25, 0.3) is 5.91 Å². The van der Waals surface area contributed by atoms with Crippen molar-refractivity contribution in [2.24, 2.45) is 0 Å². The SMILES string of the molecule is CCCCOCCCNC(=O)c1cnc(C(=O)O)cn1. The summed E-state index contributed by atoms with van der Waals surface area (Å²) < 4.78 is 5.36. The molecular weight excluding hydrogens is 262 g/mol. The molecule has 110 valence electrons. The van der Waals surface area contributed by atoms with Crippen LogP contribution in [0.25, 0.3) is 0 Å². The Morgan fingerprint density at radius 1 is 1.20 bits per heavy atom. The lowest BCUT2D eigenvalue weighted by Crippen LogP contribution is -2.26. The first-order valence-corrected chi connectivity index (χ1v) is 6.56. The Morgan fingerprint density at radius 2 is 1.85 bits per heavy atom. The number of carboxylic acid groups (broad SMARTS) is 1. The molecule has 0 unspecified atom stereocenters. The third-order valence-corrected chi connectivity index (χ3v) is 2.50. The summed E-state index contributed by atoms with van der Waals surface area (Å²) in [5, 5.41) is 11.3. The van der Waals surface area contributed by atoms with Gasteiger partial charge in [-0.15, -0.1) is 0 Å². The first-order chi connectivity index (χ1) is 9.65. The summed E-state index contributed by atoms with van der Waals surface area (Å²) in [6.45, 7) is 3.92. The first-order valence-electron chi connectivity index (χ1n) is 6.56. The second-order valence-electron chi connectivity index (χ2n) is 4.17. The number of aromatic carboxylic acids is 1. The number of nitrogens with one attached hydrogen (secondary N) is 1. The van der Waals surface area contributed by atoms with Gasteiger partial charge in [0.2, 0.25) is 0 Å². The van der Waals surface area contributed by atoms with Crippen molar-refractivity contribution in [1.29, 1.82) is 0 Å². The lowest BCUT2D eigenvalue weighted by atomic mass is 10.3. The van der Waals surface area contributed by atoms with Crippen LogP contribution in [0.5, 0.6) is 0 Å². The Labute approximate surface area is 117 Å². The second kappa shape index (κ2) is 8.98. The number of hydrogen-bond acceptors (Lipinski definition) is 5. The van der Waals surface area contributed by atoms with E-state index in [1.165, 1.54) is 0 Å². The molecule has 0 saturated carbocycles. The third kappa shape index (κ3) is 5.75. The summed E-state index contributed by atoms with van der Waals surface area (Å²) >= 11 is 0. The third-order valence-electron chi connectivity index (χ3n) is 2.50. The fourth-order valence-corrected chi connectivity index (χ4v) is 1.37. The number of rotatable bonds is 9. The number of nitrogens with zero attached hydrogens (tertiary/aromatic N) is 2. The van der Waals surface area contributed by atoms with Crippen LogP contribution >= 0.6 is 0 Å². The molecule has 0 radical (unpaired) electrons. The highest BCUT2D eigenvalue weighted by Crippen LogP contribution is 1.96. The van der Waals surface area contributed by atoms with E-state index in [0.29, 0.717) is 13.2 Å². The van der Waals surface area contributed by atoms with E-state index in [9.17, 15) is 9.59 Å². The molecule has 1 aromatic heterocycles. The lowest BCUT2D eigenvalue weighted by molar-refractivity contribution is 0.0689. The number of carboxylic acids is 1. The minimum absolute atomic E-state index is 0.0990. The summed E-state index contributed by atoms with van der Waals surface area (Å²) in [4.78, 5) is 29.6. The molecule has 0 aliphatic rings. The van der Waals surface area contributed by atoms with Gasteiger partial charge in [0, 0.05) is 19.8 Å². The molecule has 0 atom stereocenters. The van der Waals surface area contributed by atoms with E-state index in [-0.39, 0.29) is 17.3 Å². The topological polar surface area (TPSA) is 101 Å². The highest BCUT2D eigenvalue weighted by Gasteiger charge is 2.09. The molecule has 1 heterocycles. The average Bonchev–Trinajstić information content (AvgIpc) is 2.46. The Balaban J connectivity index is 2.24. The van der Waals surface area contributed by atoms with Gasteiger partial charge < -0.3 is 15.2 Å². The minimum atomic E-state index is -1.17. The van der Waals surface area contributed by atoms with E-state index < -0.39 is 5.97 Å². The van der Waals surface area contributed by atoms with Crippen LogP contribution in [0.2, 0.25) is 0 Å². The van der Waals surface area contributed by atoms with Crippen LogP contribution in [0, 0.1) is 0 Å². The number of amides is 1. The van der Waals surface area contributed by atoms with E-state index in [2.05, 4.69) is 22.2 Å². The van der Waals surface area contributed by atoms with Gasteiger partial charge >= 0.3 is 5.97 Å². The van der Waals surface area contributed by atoms with E-state index in [1.807, 2.05) is 0 Å². The summed E-state index contributed by atoms with van der Waals surface area (Å²) in [5.41, 5.74) is -0.0900. The van der Waals surface area contributed by atoms with Crippen LogP contribution in [-0.4, -0.2) is 46.7 Å². The van der Waals surface area contributed by atoms with Gasteiger partial charge in [-0.3, -0.25) is 4.79 Å². The normalized spacial score (nSPS) is 10.2. The van der Waals surface area contributed by atoms with E-state index >= 15 is 0 Å². The van der Waals surface area contributed by atoms with Crippen LogP contribution in [-0.2, 0) is 4.74 Å². The summed E-state index contributed by atoms with van der Waals surface area (Å²) in [6, 6.07) is 0. The predicted molar refractivity (Wildman–Crippen MR) is 71.7 cm³/mol. The molecule has 0 aromatic carbocycles. The molecule has 0 aliphatic heterocycles. The molecule has 0 aliphatic carbocycles. The Morgan fingerprint density at radius 3 is 2.45 bits per heavy atom. The zero-order valence-electron chi connectivity index (χ0n) is 11.5. The van der Waals surface area contributed by atoms with Gasteiger partial charge in [0.05, 0.1) is 12.4 Å². The largest absolute Gasteiger partial charge is 0.476 e. The van der Waals surface area contributed by atoms with Gasteiger partial charge in [0.15, 0.2) is 5.69 Å². The molecule has 20 heavy (non-hydrogen) atoms. The predicted octanol–water partition coefficient (Wildman–Crippen LogP) is 1.11. The fraction of sp³-hybridized carbons (Fsp3) is 0.538. The molecule has 1 amide bonds. The zero-order chi connectivity index (χ0) is 14.8. The van der Waals surface area contributed by atoms with Crippen molar-refractivity contribution < 1.29 is 19.4 Å². The first kappa shape index (κ1) is 16.0. The van der Waals surface area contributed by atoms with Gasteiger partial charge in [-0.05, 0) is 12.8 Å². The molecule has 0 saturated heterocycles. The monoisotopic (exact) mass is 281 g/mol. The number of ether oxygens (including phenoxy) is 1. The number of unbranched alkanes of at least 4 members (excludes halogenated alkanes) is 1. The zero-order valence-corrected chi connectivity index (χ0v) is 11.5. The van der Waals surface area contributed by atoms with Crippen molar-refractivity contribution in [2.75, 3.05) is 19.8 Å².